The molecule has 2 aromatic rings. The number of hydrogen-bond donors (Lipinski definition) is 1. The van der Waals surface area contributed by atoms with E-state index in [1.165, 1.54) is 6.07 Å². The van der Waals surface area contributed by atoms with Gasteiger partial charge in [-0.05, 0) is 24.1 Å². The molecule has 1 fully saturated rings. The normalized spacial score (nSPS) is 22.9. The van der Waals surface area contributed by atoms with E-state index >= 15 is 0 Å². The van der Waals surface area contributed by atoms with Gasteiger partial charge in [0.1, 0.15) is 0 Å². The first kappa shape index (κ1) is 14.2. The topological polar surface area (TPSA) is 41.3 Å². The molecule has 0 amide bonds. The van der Waals surface area contributed by atoms with Crippen molar-refractivity contribution in [2.75, 3.05) is 6.54 Å². The van der Waals surface area contributed by atoms with Crippen LogP contribution >= 0.6 is 0 Å². The van der Waals surface area contributed by atoms with Crippen LogP contribution in [-0.4, -0.2) is 32.2 Å². The molecule has 0 aliphatic carbocycles. The van der Waals surface area contributed by atoms with Gasteiger partial charge in [-0.1, -0.05) is 6.07 Å². The van der Waals surface area contributed by atoms with Gasteiger partial charge < -0.3 is 9.67 Å². The molecule has 1 aromatic heterocycles. The Morgan fingerprint density at radius 3 is 2.81 bits per heavy atom. The second kappa shape index (κ2) is 5.54. The number of imidazole rings is 1. The molecular weight excluding hydrogens is 276 g/mol. The fourth-order valence-electron chi connectivity index (χ4n) is 2.87. The summed E-state index contributed by atoms with van der Waals surface area (Å²) in [6, 6.07) is 3.81. The standard InChI is InChI=1S/C15H17F2N3O/c1-19-9-18-6-11(19)7-20-8-12(21)5-15(20)10-2-3-13(16)14(17)4-10/h2-4,6,9,12,15,21H,5,7-8H2,1H3. The monoisotopic (exact) mass is 293 g/mol. The van der Waals surface area contributed by atoms with E-state index in [9.17, 15) is 13.9 Å². The molecule has 1 saturated heterocycles. The van der Waals surface area contributed by atoms with E-state index in [4.69, 9.17) is 0 Å². The molecule has 0 radical (unpaired) electrons. The summed E-state index contributed by atoms with van der Waals surface area (Å²) in [5.74, 6) is -1.70. The SMILES string of the molecule is Cn1cncc1CN1CC(O)CC1c1ccc(F)c(F)c1. The molecule has 2 unspecified atom stereocenters. The smallest absolute Gasteiger partial charge is 0.159 e. The van der Waals surface area contributed by atoms with E-state index in [0.29, 0.717) is 25.1 Å². The lowest BCUT2D eigenvalue weighted by Gasteiger charge is -2.24. The van der Waals surface area contributed by atoms with E-state index < -0.39 is 17.7 Å². The summed E-state index contributed by atoms with van der Waals surface area (Å²) in [5.41, 5.74) is 1.70. The van der Waals surface area contributed by atoms with Crippen LogP contribution in [0.1, 0.15) is 23.7 Å². The lowest BCUT2D eigenvalue weighted by atomic mass is 10.0. The van der Waals surface area contributed by atoms with E-state index in [2.05, 4.69) is 9.88 Å². The van der Waals surface area contributed by atoms with Gasteiger partial charge in [-0.2, -0.15) is 0 Å². The number of aliphatic hydroxyl groups excluding tert-OH is 1. The number of nitrogens with zero attached hydrogens (tertiary/aromatic N) is 3. The first-order valence-corrected chi connectivity index (χ1v) is 6.87. The molecule has 0 saturated carbocycles. The first-order valence-electron chi connectivity index (χ1n) is 6.87. The molecule has 0 spiro atoms. The van der Waals surface area contributed by atoms with Gasteiger partial charge in [0, 0.05) is 32.4 Å². The van der Waals surface area contributed by atoms with Crippen LogP contribution in [0.5, 0.6) is 0 Å². The van der Waals surface area contributed by atoms with E-state index in [1.54, 1.807) is 18.6 Å². The Labute approximate surface area is 121 Å². The number of aliphatic hydroxyl groups is 1. The molecule has 4 nitrogen and oxygen atoms in total. The predicted molar refractivity (Wildman–Crippen MR) is 73.3 cm³/mol. The third-order valence-electron chi connectivity index (χ3n) is 3.99. The molecule has 21 heavy (non-hydrogen) atoms. The molecule has 1 aliphatic heterocycles. The minimum atomic E-state index is -0.852. The zero-order chi connectivity index (χ0) is 15.0. The highest BCUT2D eigenvalue weighted by Crippen LogP contribution is 2.33. The minimum Gasteiger partial charge on any atom is -0.392 e. The molecule has 3 rings (SSSR count). The average Bonchev–Trinajstić information content (AvgIpc) is 3.00. The molecular formula is C15H17F2N3O. The quantitative estimate of drug-likeness (QED) is 0.941. The van der Waals surface area contributed by atoms with Crippen LogP contribution in [0.15, 0.2) is 30.7 Å². The summed E-state index contributed by atoms with van der Waals surface area (Å²) >= 11 is 0. The Bertz CT molecular complexity index is 644. The fourth-order valence-corrected chi connectivity index (χ4v) is 2.87. The van der Waals surface area contributed by atoms with Crippen LogP contribution in [0.3, 0.4) is 0 Å². The number of hydrogen-bond acceptors (Lipinski definition) is 3. The predicted octanol–water partition coefficient (Wildman–Crippen LogP) is 2.01. The highest BCUT2D eigenvalue weighted by molar-refractivity contribution is 5.23. The number of likely N-dealkylation sites (tertiary alicyclic amines) is 1. The molecule has 1 aromatic carbocycles. The van der Waals surface area contributed by atoms with Crippen molar-refractivity contribution in [3.05, 3.63) is 53.6 Å². The molecule has 0 bridgehead atoms. The number of rotatable bonds is 3. The van der Waals surface area contributed by atoms with E-state index in [-0.39, 0.29) is 6.04 Å². The summed E-state index contributed by atoms with van der Waals surface area (Å²) < 4.78 is 28.4. The lowest BCUT2D eigenvalue weighted by Crippen LogP contribution is -2.25. The van der Waals surface area contributed by atoms with Gasteiger partial charge in [0.05, 0.1) is 18.1 Å². The third kappa shape index (κ3) is 2.82. The maximum Gasteiger partial charge on any atom is 0.159 e. The number of aromatic nitrogens is 2. The van der Waals surface area contributed by atoms with Crippen LogP contribution in [0, 0.1) is 11.6 Å². The lowest BCUT2D eigenvalue weighted by molar-refractivity contribution is 0.171. The maximum absolute atomic E-state index is 13.4. The van der Waals surface area contributed by atoms with Gasteiger partial charge in [-0.25, -0.2) is 13.8 Å². The van der Waals surface area contributed by atoms with Crippen molar-refractivity contribution in [2.45, 2.75) is 25.1 Å². The molecule has 112 valence electrons. The average molecular weight is 293 g/mol. The van der Waals surface area contributed by atoms with Crippen molar-refractivity contribution in [1.29, 1.82) is 0 Å². The second-order valence-electron chi connectivity index (χ2n) is 5.50. The van der Waals surface area contributed by atoms with Crippen molar-refractivity contribution >= 4 is 0 Å². The number of aryl methyl sites for hydroxylation is 1. The zero-order valence-electron chi connectivity index (χ0n) is 11.7. The zero-order valence-corrected chi connectivity index (χ0v) is 11.7. The van der Waals surface area contributed by atoms with Gasteiger partial charge in [0.2, 0.25) is 0 Å². The van der Waals surface area contributed by atoms with Crippen LogP contribution < -0.4 is 0 Å². The largest absolute Gasteiger partial charge is 0.392 e. The Kier molecular flexibility index (Phi) is 3.73. The third-order valence-corrected chi connectivity index (χ3v) is 3.99. The van der Waals surface area contributed by atoms with Gasteiger partial charge in [0.25, 0.3) is 0 Å². The molecule has 6 heteroatoms. The summed E-state index contributed by atoms with van der Waals surface area (Å²) in [7, 11) is 1.90. The fraction of sp³-hybridized carbons (Fsp3) is 0.400. The van der Waals surface area contributed by atoms with Crippen molar-refractivity contribution in [1.82, 2.24) is 14.5 Å². The number of β-amino-alcohol motifs (C(OH)–C–C–N with tert-alkyl or cyclic N) is 1. The van der Waals surface area contributed by atoms with E-state index in [0.717, 1.165) is 11.8 Å². The molecule has 2 heterocycles. The minimum absolute atomic E-state index is 0.120. The van der Waals surface area contributed by atoms with Crippen molar-refractivity contribution in [2.24, 2.45) is 7.05 Å². The van der Waals surface area contributed by atoms with Crippen molar-refractivity contribution < 1.29 is 13.9 Å². The molecule has 1 N–H and O–H groups in total. The van der Waals surface area contributed by atoms with Gasteiger partial charge >= 0.3 is 0 Å². The Balaban J connectivity index is 1.85. The Morgan fingerprint density at radius 2 is 2.14 bits per heavy atom. The molecule has 1 aliphatic rings. The maximum atomic E-state index is 13.4. The molecule has 2 atom stereocenters. The second-order valence-corrected chi connectivity index (χ2v) is 5.50. The highest BCUT2D eigenvalue weighted by atomic mass is 19.2. The number of benzene rings is 1. The summed E-state index contributed by atoms with van der Waals surface area (Å²) in [6.07, 6.45) is 3.54. The van der Waals surface area contributed by atoms with Crippen molar-refractivity contribution in [3.8, 4) is 0 Å². The van der Waals surface area contributed by atoms with Crippen LogP contribution in [0.2, 0.25) is 0 Å². The van der Waals surface area contributed by atoms with Gasteiger partial charge in [-0.15, -0.1) is 0 Å². The first-order chi connectivity index (χ1) is 10.0. The van der Waals surface area contributed by atoms with E-state index in [1.807, 2.05) is 11.6 Å². The Hall–Kier alpha value is -1.79. The summed E-state index contributed by atoms with van der Waals surface area (Å²) in [5, 5.41) is 9.92. The summed E-state index contributed by atoms with van der Waals surface area (Å²) in [4.78, 5) is 6.13. The number of halogens is 2. The highest BCUT2D eigenvalue weighted by Gasteiger charge is 2.32. The van der Waals surface area contributed by atoms with Gasteiger partial charge in [-0.3, -0.25) is 4.90 Å². The summed E-state index contributed by atoms with van der Waals surface area (Å²) in [6.45, 7) is 1.12. The van der Waals surface area contributed by atoms with Crippen LogP contribution in [-0.2, 0) is 13.6 Å². The van der Waals surface area contributed by atoms with Gasteiger partial charge in [0.15, 0.2) is 11.6 Å². The van der Waals surface area contributed by atoms with Crippen LogP contribution in [0.4, 0.5) is 8.78 Å². The van der Waals surface area contributed by atoms with Crippen LogP contribution in [0.25, 0.3) is 0 Å². The van der Waals surface area contributed by atoms with Crippen molar-refractivity contribution in [3.63, 3.8) is 0 Å². The Morgan fingerprint density at radius 1 is 1.33 bits per heavy atom.